The van der Waals surface area contributed by atoms with E-state index in [1.54, 1.807) is 13.0 Å². The molecule has 0 aliphatic carbocycles. The molecule has 9 heteroatoms. The third-order valence-corrected chi connectivity index (χ3v) is 3.21. The third-order valence-electron chi connectivity index (χ3n) is 3.21. The number of benzene rings is 1. The minimum Gasteiger partial charge on any atom is -0.449 e. The molecule has 0 fully saturated rings. The van der Waals surface area contributed by atoms with Gasteiger partial charge in [0.05, 0.1) is 10.5 Å². The molecule has 130 valence electrons. The van der Waals surface area contributed by atoms with Gasteiger partial charge in [-0.25, -0.2) is 4.79 Å². The summed E-state index contributed by atoms with van der Waals surface area (Å²) in [6, 6.07) is 6.05. The number of nitro groups is 1. The van der Waals surface area contributed by atoms with Gasteiger partial charge in [0, 0.05) is 23.6 Å². The molecule has 1 N–H and O–H groups in total. The van der Waals surface area contributed by atoms with Crippen molar-refractivity contribution in [1.82, 2.24) is 4.98 Å². The molecule has 2 aromatic rings. The van der Waals surface area contributed by atoms with Gasteiger partial charge in [-0.1, -0.05) is 0 Å². The number of hydrogen-bond donors (Lipinski definition) is 1. The van der Waals surface area contributed by atoms with Gasteiger partial charge in [0.15, 0.2) is 6.10 Å². The van der Waals surface area contributed by atoms with Crippen LogP contribution < -0.4 is 5.32 Å². The van der Waals surface area contributed by atoms with Crippen molar-refractivity contribution in [3.05, 3.63) is 63.7 Å². The predicted molar refractivity (Wildman–Crippen MR) is 85.5 cm³/mol. The lowest BCUT2D eigenvalue weighted by atomic mass is 10.2. The van der Waals surface area contributed by atoms with Crippen LogP contribution in [0.15, 0.2) is 36.5 Å². The molecule has 8 nitrogen and oxygen atoms in total. The van der Waals surface area contributed by atoms with Crippen molar-refractivity contribution in [2.24, 2.45) is 0 Å². The summed E-state index contributed by atoms with van der Waals surface area (Å²) in [5.41, 5.74) is 0.147. The lowest BCUT2D eigenvalue weighted by Gasteiger charge is -2.13. The van der Waals surface area contributed by atoms with Crippen LogP contribution in [-0.4, -0.2) is 27.9 Å². The van der Waals surface area contributed by atoms with E-state index in [1.165, 1.54) is 25.3 Å². The molecule has 0 bridgehead atoms. The van der Waals surface area contributed by atoms with Crippen molar-refractivity contribution in [3.8, 4) is 0 Å². The normalized spacial score (nSPS) is 11.5. The summed E-state index contributed by atoms with van der Waals surface area (Å²) in [4.78, 5) is 37.7. The smallest absolute Gasteiger partial charge is 0.340 e. The molecule has 1 aromatic carbocycles. The maximum atomic E-state index is 13.3. The van der Waals surface area contributed by atoms with Gasteiger partial charge >= 0.3 is 11.7 Å². The topological polar surface area (TPSA) is 111 Å². The number of carbonyl (C=O) groups is 2. The molecule has 2 rings (SSSR count). The first-order valence-corrected chi connectivity index (χ1v) is 7.16. The second kappa shape index (κ2) is 7.47. The van der Waals surface area contributed by atoms with Crippen molar-refractivity contribution in [2.75, 3.05) is 5.32 Å². The van der Waals surface area contributed by atoms with Gasteiger partial charge in [0.1, 0.15) is 0 Å². The number of aromatic nitrogens is 1. The Morgan fingerprint density at radius 2 is 2.04 bits per heavy atom. The Kier molecular flexibility index (Phi) is 5.38. The molecular formula is C16H14FN3O5. The number of nitrogens with zero attached hydrogens (tertiary/aromatic N) is 2. The Morgan fingerprint density at radius 3 is 2.64 bits per heavy atom. The van der Waals surface area contributed by atoms with Gasteiger partial charge in [-0.3, -0.25) is 19.9 Å². The van der Waals surface area contributed by atoms with E-state index < -0.39 is 34.4 Å². The first kappa shape index (κ1) is 18.0. The number of carbonyl (C=O) groups excluding carboxylic acids is 2. The average Bonchev–Trinajstić information content (AvgIpc) is 2.56. The number of amides is 1. The van der Waals surface area contributed by atoms with Crippen LogP contribution in [0, 0.1) is 22.9 Å². The number of nitrogens with one attached hydrogen (secondary N) is 1. The minimum atomic E-state index is -1.17. The SMILES string of the molecule is Cc1ccc(C(=O)O[C@H](C)C(=O)Nc2ccc(F)c([N+](=O)[O-])c2)cn1. The maximum Gasteiger partial charge on any atom is 0.340 e. The van der Waals surface area contributed by atoms with Gasteiger partial charge in [-0.15, -0.1) is 0 Å². The van der Waals surface area contributed by atoms with E-state index in [4.69, 9.17) is 4.74 Å². The fourth-order valence-corrected chi connectivity index (χ4v) is 1.84. The molecule has 0 saturated heterocycles. The van der Waals surface area contributed by atoms with E-state index in [0.29, 0.717) is 0 Å². The van der Waals surface area contributed by atoms with Gasteiger partial charge in [0.2, 0.25) is 5.82 Å². The molecule has 1 aromatic heterocycles. The zero-order valence-corrected chi connectivity index (χ0v) is 13.4. The van der Waals surface area contributed by atoms with Crippen LogP contribution in [-0.2, 0) is 9.53 Å². The fraction of sp³-hybridized carbons (Fsp3) is 0.188. The van der Waals surface area contributed by atoms with Crippen LogP contribution in [0.2, 0.25) is 0 Å². The van der Waals surface area contributed by atoms with Crippen LogP contribution in [0.1, 0.15) is 23.0 Å². The standard InChI is InChI=1S/C16H14FN3O5/c1-9-3-4-11(8-18-9)16(22)25-10(2)15(21)19-12-5-6-13(17)14(7-12)20(23)24/h3-8,10H,1-2H3,(H,19,21)/t10-/m1/s1. The molecule has 0 aliphatic heterocycles. The van der Waals surface area contributed by atoms with E-state index in [2.05, 4.69) is 10.3 Å². The number of esters is 1. The third kappa shape index (κ3) is 4.56. The summed E-state index contributed by atoms with van der Waals surface area (Å²) < 4.78 is 18.3. The molecule has 0 unspecified atom stereocenters. The molecule has 25 heavy (non-hydrogen) atoms. The van der Waals surface area contributed by atoms with Crippen LogP contribution in [0.4, 0.5) is 15.8 Å². The second-order valence-electron chi connectivity index (χ2n) is 5.15. The summed E-state index contributed by atoms with van der Waals surface area (Å²) >= 11 is 0. The van der Waals surface area contributed by atoms with Gasteiger partial charge in [-0.05, 0) is 38.1 Å². The highest BCUT2D eigenvalue weighted by atomic mass is 19.1. The van der Waals surface area contributed by atoms with Gasteiger partial charge in [-0.2, -0.15) is 4.39 Å². The number of anilines is 1. The molecule has 1 amide bonds. The molecule has 1 heterocycles. The first-order chi connectivity index (χ1) is 11.8. The number of aryl methyl sites for hydroxylation is 1. The first-order valence-electron chi connectivity index (χ1n) is 7.16. The van der Waals surface area contributed by atoms with Gasteiger partial charge < -0.3 is 10.1 Å². The summed E-state index contributed by atoms with van der Waals surface area (Å²) in [6.45, 7) is 3.10. The Bertz CT molecular complexity index is 823. The Hall–Kier alpha value is -3.36. The predicted octanol–water partition coefficient (Wildman–Crippen LogP) is 2.62. The lowest BCUT2D eigenvalue weighted by molar-refractivity contribution is -0.387. The van der Waals surface area contributed by atoms with Crippen molar-refractivity contribution >= 4 is 23.3 Å². The van der Waals surface area contributed by atoms with E-state index in [-0.39, 0.29) is 11.3 Å². The molecular weight excluding hydrogens is 333 g/mol. The number of halogens is 1. The Balaban J connectivity index is 2.03. The van der Waals surface area contributed by atoms with E-state index in [9.17, 15) is 24.1 Å². The van der Waals surface area contributed by atoms with Crippen LogP contribution >= 0.6 is 0 Å². The van der Waals surface area contributed by atoms with Crippen molar-refractivity contribution in [1.29, 1.82) is 0 Å². The Morgan fingerprint density at radius 1 is 1.32 bits per heavy atom. The number of hydrogen-bond acceptors (Lipinski definition) is 6. The van der Waals surface area contributed by atoms with Crippen molar-refractivity contribution < 1.29 is 23.6 Å². The molecule has 0 spiro atoms. The quantitative estimate of drug-likeness (QED) is 0.505. The van der Waals surface area contributed by atoms with Crippen molar-refractivity contribution in [2.45, 2.75) is 20.0 Å². The molecule has 0 aliphatic rings. The Labute approximate surface area is 141 Å². The van der Waals surface area contributed by atoms with Gasteiger partial charge in [0.25, 0.3) is 5.91 Å². The molecule has 1 atom stereocenters. The molecule has 0 saturated carbocycles. The number of ether oxygens (including phenoxy) is 1. The van der Waals surface area contributed by atoms with Crippen LogP contribution in [0.5, 0.6) is 0 Å². The summed E-state index contributed by atoms with van der Waals surface area (Å²) in [6.07, 6.45) is 0.156. The lowest BCUT2D eigenvalue weighted by Crippen LogP contribution is -2.30. The zero-order chi connectivity index (χ0) is 18.6. The van der Waals surface area contributed by atoms with Crippen LogP contribution in [0.25, 0.3) is 0 Å². The maximum absolute atomic E-state index is 13.3. The number of pyridine rings is 1. The van der Waals surface area contributed by atoms with E-state index in [1.807, 2.05) is 0 Å². The van der Waals surface area contributed by atoms with Crippen molar-refractivity contribution in [3.63, 3.8) is 0 Å². The van der Waals surface area contributed by atoms with Crippen LogP contribution in [0.3, 0.4) is 0 Å². The summed E-state index contributed by atoms with van der Waals surface area (Å²) in [5, 5.41) is 13.0. The summed E-state index contributed by atoms with van der Waals surface area (Å²) in [5.74, 6) is -2.47. The fourth-order valence-electron chi connectivity index (χ4n) is 1.84. The minimum absolute atomic E-state index is 0.0120. The van der Waals surface area contributed by atoms with E-state index in [0.717, 1.165) is 17.8 Å². The number of nitro benzene ring substituents is 1. The highest BCUT2D eigenvalue weighted by Crippen LogP contribution is 2.21. The van der Waals surface area contributed by atoms with E-state index >= 15 is 0 Å². The zero-order valence-electron chi connectivity index (χ0n) is 13.4. The monoisotopic (exact) mass is 347 g/mol. The highest BCUT2D eigenvalue weighted by molar-refractivity contribution is 5.97. The largest absolute Gasteiger partial charge is 0.449 e. The number of rotatable bonds is 5. The summed E-state index contributed by atoms with van der Waals surface area (Å²) in [7, 11) is 0. The molecule has 0 radical (unpaired) electrons. The second-order valence-corrected chi connectivity index (χ2v) is 5.15. The highest BCUT2D eigenvalue weighted by Gasteiger charge is 2.21. The average molecular weight is 347 g/mol.